The number of hydrogen-bond donors (Lipinski definition) is 0. The van der Waals surface area contributed by atoms with Gasteiger partial charge in [0, 0.05) is 45.3 Å². The number of anilines is 2. The zero-order valence-electron chi connectivity index (χ0n) is 32.1. The second kappa shape index (κ2) is 14.2. The number of fused-ring (bicyclic) bond motifs is 7. The van der Waals surface area contributed by atoms with Crippen LogP contribution in [-0.4, -0.2) is 26.2 Å². The first-order valence-corrected chi connectivity index (χ1v) is 19.8. The molecule has 1 aliphatic heterocycles. The Hall–Kier alpha value is -7.96. The highest BCUT2D eigenvalue weighted by Crippen LogP contribution is 2.50. The molecule has 0 fully saturated rings. The Morgan fingerprint density at radius 2 is 1.05 bits per heavy atom. The van der Waals surface area contributed by atoms with Gasteiger partial charge in [0.15, 0.2) is 17.5 Å². The highest BCUT2D eigenvalue weighted by molar-refractivity contribution is 6.19. The van der Waals surface area contributed by atoms with E-state index in [-0.39, 0.29) is 0 Å². The van der Waals surface area contributed by atoms with Gasteiger partial charge in [0.2, 0.25) is 0 Å². The Morgan fingerprint density at radius 1 is 0.458 bits per heavy atom. The molecule has 0 saturated heterocycles. The number of rotatable bonds is 7. The molecular weight excluding hydrogens is 721 g/mol. The lowest BCUT2D eigenvalue weighted by molar-refractivity contribution is 0.963. The molecule has 11 rings (SSSR count). The Bertz CT molecular complexity index is 3150. The second-order valence-electron chi connectivity index (χ2n) is 14.8. The molecule has 0 amide bonds. The largest absolute Gasteiger partial charge is 0.335 e. The minimum atomic E-state index is 0.635. The monoisotopic (exact) mass is 756 g/mol. The van der Waals surface area contributed by atoms with E-state index in [1.54, 1.807) is 0 Å². The Morgan fingerprint density at radius 3 is 1.78 bits per heavy atom. The van der Waals surface area contributed by atoms with E-state index in [0.29, 0.717) is 17.5 Å². The number of aliphatic imine (C=N–C) groups is 1. The van der Waals surface area contributed by atoms with Crippen LogP contribution in [0.2, 0.25) is 0 Å². The molecule has 1 aliphatic rings. The molecule has 0 radical (unpaired) electrons. The molecule has 0 spiro atoms. The lowest BCUT2D eigenvalue weighted by Gasteiger charge is -2.34. The molecule has 0 bridgehead atoms. The van der Waals surface area contributed by atoms with Crippen LogP contribution in [0.4, 0.5) is 17.1 Å². The minimum Gasteiger partial charge on any atom is -0.335 e. The van der Waals surface area contributed by atoms with Crippen molar-refractivity contribution in [2.45, 2.75) is 6.54 Å². The third kappa shape index (κ3) is 5.89. The van der Waals surface area contributed by atoms with Crippen molar-refractivity contribution in [3.8, 4) is 62.1 Å². The predicted molar refractivity (Wildman–Crippen MR) is 243 cm³/mol. The predicted octanol–water partition coefficient (Wildman–Crippen LogP) is 13.3. The average Bonchev–Trinajstić information content (AvgIpc) is 3.66. The normalized spacial score (nSPS) is 12.0. The van der Waals surface area contributed by atoms with Crippen LogP contribution in [0.3, 0.4) is 0 Å². The summed E-state index contributed by atoms with van der Waals surface area (Å²) in [6.07, 6.45) is 0. The third-order valence-electron chi connectivity index (χ3n) is 11.3. The standard InChI is InChI=1S/C53H36N6/c1-54-44-24-11-13-26-46(44)58-34-40-19-8-9-22-42(40)49-47(58)31-32-48-50(49)43-23-10-12-25-45(43)59(48)41-21-14-20-39(33-41)35-27-29-38(30-28-35)53-56-51(36-15-4-2-5-16-36)55-52(57-53)37-17-6-3-7-18-37/h2-33H,1,34H2. The van der Waals surface area contributed by atoms with E-state index in [1.165, 1.54) is 27.5 Å². The van der Waals surface area contributed by atoms with E-state index in [1.807, 2.05) is 72.8 Å². The van der Waals surface area contributed by atoms with Gasteiger partial charge < -0.3 is 9.47 Å². The van der Waals surface area contributed by atoms with Crippen molar-refractivity contribution in [2.24, 2.45) is 4.99 Å². The first kappa shape index (κ1) is 34.3. The van der Waals surface area contributed by atoms with E-state index in [9.17, 15) is 0 Å². The van der Waals surface area contributed by atoms with Crippen LogP contribution in [0.5, 0.6) is 0 Å². The van der Waals surface area contributed by atoms with Crippen LogP contribution in [0, 0.1) is 0 Å². The van der Waals surface area contributed by atoms with E-state index in [0.717, 1.165) is 68.1 Å². The van der Waals surface area contributed by atoms with Gasteiger partial charge in [-0.1, -0.05) is 152 Å². The molecule has 8 aromatic carbocycles. The molecule has 3 heterocycles. The number of nitrogens with zero attached hydrogens (tertiary/aromatic N) is 6. The van der Waals surface area contributed by atoms with Gasteiger partial charge in [-0.2, -0.15) is 0 Å². The van der Waals surface area contributed by atoms with Crippen LogP contribution < -0.4 is 4.90 Å². The Kier molecular flexibility index (Phi) is 8.26. The molecule has 278 valence electrons. The molecule has 6 heteroatoms. The molecule has 59 heavy (non-hydrogen) atoms. The smallest absolute Gasteiger partial charge is 0.164 e. The zero-order chi connectivity index (χ0) is 39.3. The molecule has 0 saturated carbocycles. The van der Waals surface area contributed by atoms with Gasteiger partial charge >= 0.3 is 0 Å². The highest BCUT2D eigenvalue weighted by atomic mass is 15.2. The van der Waals surface area contributed by atoms with Gasteiger partial charge in [0.1, 0.15) is 0 Å². The van der Waals surface area contributed by atoms with Crippen LogP contribution >= 0.6 is 0 Å². The quantitative estimate of drug-likeness (QED) is 0.152. The Labute approximate surface area is 342 Å². The fourth-order valence-electron chi connectivity index (χ4n) is 8.60. The van der Waals surface area contributed by atoms with E-state index in [2.05, 4.69) is 143 Å². The second-order valence-corrected chi connectivity index (χ2v) is 14.8. The Balaban J connectivity index is 1.02. The summed E-state index contributed by atoms with van der Waals surface area (Å²) in [6, 6.07) is 67.9. The summed E-state index contributed by atoms with van der Waals surface area (Å²) in [5.74, 6) is 1.93. The third-order valence-corrected chi connectivity index (χ3v) is 11.3. The summed E-state index contributed by atoms with van der Waals surface area (Å²) in [6.45, 7) is 4.65. The fourth-order valence-corrected chi connectivity index (χ4v) is 8.60. The fraction of sp³-hybridized carbons (Fsp3) is 0.0189. The molecular formula is C53H36N6. The highest BCUT2D eigenvalue weighted by Gasteiger charge is 2.28. The minimum absolute atomic E-state index is 0.635. The van der Waals surface area contributed by atoms with Gasteiger partial charge in [0.25, 0.3) is 0 Å². The molecule has 6 nitrogen and oxygen atoms in total. The summed E-state index contributed by atoms with van der Waals surface area (Å²) in [5.41, 5.74) is 15.3. The lowest BCUT2D eigenvalue weighted by atomic mass is 9.89. The van der Waals surface area contributed by atoms with E-state index < -0.39 is 0 Å². The summed E-state index contributed by atoms with van der Waals surface area (Å²) >= 11 is 0. The van der Waals surface area contributed by atoms with Gasteiger partial charge in [-0.3, -0.25) is 4.99 Å². The van der Waals surface area contributed by atoms with Crippen molar-refractivity contribution in [2.75, 3.05) is 4.90 Å². The van der Waals surface area contributed by atoms with Crippen molar-refractivity contribution in [3.05, 3.63) is 200 Å². The number of aromatic nitrogens is 4. The van der Waals surface area contributed by atoms with E-state index >= 15 is 0 Å². The molecule has 2 aromatic heterocycles. The number of para-hydroxylation sites is 3. The van der Waals surface area contributed by atoms with Crippen molar-refractivity contribution < 1.29 is 0 Å². The zero-order valence-corrected chi connectivity index (χ0v) is 32.1. The first-order chi connectivity index (χ1) is 29.2. The van der Waals surface area contributed by atoms with E-state index in [4.69, 9.17) is 15.0 Å². The van der Waals surface area contributed by atoms with Gasteiger partial charge in [-0.15, -0.1) is 0 Å². The SMILES string of the molecule is C=Nc1ccccc1N1Cc2ccccc2-c2c1ccc1c2c2ccccc2n1-c1cccc(-c2ccc(-c3nc(-c4ccccc4)nc(-c4ccccc4)n3)cc2)c1. The van der Waals surface area contributed by atoms with Gasteiger partial charge in [0.05, 0.1) is 28.1 Å². The lowest BCUT2D eigenvalue weighted by Crippen LogP contribution is -2.21. The maximum absolute atomic E-state index is 4.95. The van der Waals surface area contributed by atoms with Crippen molar-refractivity contribution >= 4 is 45.6 Å². The molecule has 0 unspecified atom stereocenters. The van der Waals surface area contributed by atoms with Crippen LogP contribution in [0.1, 0.15) is 5.56 Å². The number of benzene rings is 8. The number of hydrogen-bond acceptors (Lipinski definition) is 5. The molecule has 0 atom stereocenters. The first-order valence-electron chi connectivity index (χ1n) is 19.8. The maximum Gasteiger partial charge on any atom is 0.164 e. The molecule has 10 aromatic rings. The topological polar surface area (TPSA) is 59.2 Å². The van der Waals surface area contributed by atoms with Crippen molar-refractivity contribution in [1.29, 1.82) is 0 Å². The van der Waals surface area contributed by atoms with Crippen molar-refractivity contribution in [3.63, 3.8) is 0 Å². The maximum atomic E-state index is 4.95. The van der Waals surface area contributed by atoms with Gasteiger partial charge in [-0.05, 0) is 71.4 Å². The summed E-state index contributed by atoms with van der Waals surface area (Å²) < 4.78 is 2.41. The summed E-state index contributed by atoms with van der Waals surface area (Å²) in [5, 5.41) is 2.44. The average molecular weight is 757 g/mol. The van der Waals surface area contributed by atoms with Crippen LogP contribution in [0.15, 0.2) is 199 Å². The van der Waals surface area contributed by atoms with Gasteiger partial charge in [-0.25, -0.2) is 15.0 Å². The molecule has 0 N–H and O–H groups in total. The summed E-state index contributed by atoms with van der Waals surface area (Å²) in [4.78, 5) is 21.6. The van der Waals surface area contributed by atoms with Crippen LogP contribution in [-0.2, 0) is 6.54 Å². The molecule has 0 aliphatic carbocycles. The van der Waals surface area contributed by atoms with Crippen molar-refractivity contribution in [1.82, 2.24) is 19.5 Å². The summed E-state index contributed by atoms with van der Waals surface area (Å²) in [7, 11) is 0. The van der Waals surface area contributed by atoms with Crippen LogP contribution in [0.25, 0.3) is 83.9 Å².